The number of aryl methyl sites for hydroxylation is 1. The number of piperidine rings is 1. The molecular formula is C13H15N3O5. The molecule has 8 heteroatoms. The summed E-state index contributed by atoms with van der Waals surface area (Å²) in [4.78, 5) is 38.1. The molecule has 0 unspecified atom stereocenters. The Balaban J connectivity index is 1.61. The second-order valence-corrected chi connectivity index (χ2v) is 5.16. The zero-order chi connectivity index (χ0) is 15.0. The third-order valence-corrected chi connectivity index (χ3v) is 3.75. The highest BCUT2D eigenvalue weighted by atomic mass is 16.6. The number of amides is 3. The van der Waals surface area contributed by atoms with Crippen LogP contribution in [-0.4, -0.2) is 58.6 Å². The molecule has 1 aromatic heterocycles. The molecule has 21 heavy (non-hydrogen) atoms. The van der Waals surface area contributed by atoms with Gasteiger partial charge in [-0.2, -0.15) is 0 Å². The van der Waals surface area contributed by atoms with Crippen LogP contribution in [0.2, 0.25) is 0 Å². The first-order valence-electron chi connectivity index (χ1n) is 6.77. The Morgan fingerprint density at radius 3 is 2.57 bits per heavy atom. The minimum absolute atomic E-state index is 0.184. The second kappa shape index (κ2) is 5.19. The number of hydrogen-bond donors (Lipinski definition) is 0. The van der Waals surface area contributed by atoms with Crippen LogP contribution >= 0.6 is 0 Å². The van der Waals surface area contributed by atoms with Gasteiger partial charge >= 0.3 is 6.09 Å². The average molecular weight is 293 g/mol. The van der Waals surface area contributed by atoms with Crippen LogP contribution in [0.4, 0.5) is 4.79 Å². The number of ether oxygens (including phenoxy) is 1. The predicted molar refractivity (Wildman–Crippen MR) is 68.4 cm³/mol. The van der Waals surface area contributed by atoms with Gasteiger partial charge in [-0.25, -0.2) is 9.69 Å². The zero-order valence-corrected chi connectivity index (χ0v) is 11.6. The van der Waals surface area contributed by atoms with Gasteiger partial charge in [0.15, 0.2) is 12.3 Å². The van der Waals surface area contributed by atoms with Gasteiger partial charge in [-0.3, -0.25) is 9.59 Å². The first kappa shape index (κ1) is 13.6. The molecule has 3 amide bonds. The standard InChI is InChI=1S/C13H15N3O5/c1-8-6-10(14-21-8)12(18)15-4-2-9(3-5-15)16-11(17)7-20-13(16)19/h6,9H,2-5,7H2,1H3. The zero-order valence-electron chi connectivity index (χ0n) is 11.6. The molecular weight excluding hydrogens is 278 g/mol. The van der Waals surface area contributed by atoms with Crippen LogP contribution in [0.3, 0.4) is 0 Å². The fourth-order valence-corrected chi connectivity index (χ4v) is 2.67. The van der Waals surface area contributed by atoms with Crippen molar-refractivity contribution in [3.63, 3.8) is 0 Å². The van der Waals surface area contributed by atoms with E-state index >= 15 is 0 Å². The van der Waals surface area contributed by atoms with Crippen LogP contribution in [0.1, 0.15) is 29.1 Å². The molecule has 112 valence electrons. The van der Waals surface area contributed by atoms with Gasteiger partial charge in [0.2, 0.25) is 0 Å². The van der Waals surface area contributed by atoms with Gasteiger partial charge in [-0.15, -0.1) is 0 Å². The monoisotopic (exact) mass is 293 g/mol. The van der Waals surface area contributed by atoms with E-state index in [1.54, 1.807) is 17.9 Å². The Bertz CT molecular complexity index is 572. The molecule has 0 aromatic carbocycles. The number of likely N-dealkylation sites (tertiary alicyclic amines) is 1. The molecule has 2 saturated heterocycles. The van der Waals surface area contributed by atoms with E-state index in [1.165, 1.54) is 4.90 Å². The van der Waals surface area contributed by atoms with Crippen molar-refractivity contribution in [3.8, 4) is 0 Å². The third-order valence-electron chi connectivity index (χ3n) is 3.75. The summed E-state index contributed by atoms with van der Waals surface area (Å²) in [6.07, 6.45) is 0.504. The first-order chi connectivity index (χ1) is 10.1. The van der Waals surface area contributed by atoms with E-state index in [0.717, 1.165) is 0 Å². The Labute approximate surface area is 120 Å². The molecule has 0 aliphatic carbocycles. The highest BCUT2D eigenvalue weighted by Crippen LogP contribution is 2.21. The molecule has 2 fully saturated rings. The van der Waals surface area contributed by atoms with Crippen molar-refractivity contribution in [2.45, 2.75) is 25.8 Å². The normalized spacial score (nSPS) is 20.0. The fraction of sp³-hybridized carbons (Fsp3) is 0.538. The number of carbonyl (C=O) groups is 3. The summed E-state index contributed by atoms with van der Waals surface area (Å²) in [7, 11) is 0. The molecule has 2 aliphatic heterocycles. The van der Waals surface area contributed by atoms with Gasteiger partial charge in [0, 0.05) is 25.2 Å². The topological polar surface area (TPSA) is 93.0 Å². The summed E-state index contributed by atoms with van der Waals surface area (Å²) in [6, 6.07) is 1.39. The highest BCUT2D eigenvalue weighted by molar-refractivity contribution is 5.98. The van der Waals surface area contributed by atoms with E-state index in [1.807, 2.05) is 0 Å². The fourth-order valence-electron chi connectivity index (χ4n) is 2.67. The maximum atomic E-state index is 12.2. The largest absolute Gasteiger partial charge is 0.439 e. The molecule has 0 N–H and O–H groups in total. The lowest BCUT2D eigenvalue weighted by molar-refractivity contribution is -0.127. The molecule has 2 aliphatic rings. The molecule has 3 heterocycles. The summed E-state index contributed by atoms with van der Waals surface area (Å²) in [5.74, 6) is 0.0798. The highest BCUT2D eigenvalue weighted by Gasteiger charge is 2.39. The van der Waals surface area contributed by atoms with Crippen LogP contribution in [0.15, 0.2) is 10.6 Å². The molecule has 0 saturated carbocycles. The summed E-state index contributed by atoms with van der Waals surface area (Å²) in [6.45, 7) is 2.47. The van der Waals surface area contributed by atoms with E-state index in [0.29, 0.717) is 31.7 Å². The number of nitrogens with zero attached hydrogens (tertiary/aromatic N) is 3. The lowest BCUT2D eigenvalue weighted by Gasteiger charge is -2.34. The summed E-state index contributed by atoms with van der Waals surface area (Å²) >= 11 is 0. The second-order valence-electron chi connectivity index (χ2n) is 5.16. The Kier molecular flexibility index (Phi) is 3.36. The number of aromatic nitrogens is 1. The minimum Gasteiger partial charge on any atom is -0.439 e. The Morgan fingerprint density at radius 2 is 2.05 bits per heavy atom. The smallest absolute Gasteiger partial charge is 0.417 e. The van der Waals surface area contributed by atoms with Crippen molar-refractivity contribution in [2.24, 2.45) is 0 Å². The maximum absolute atomic E-state index is 12.2. The molecule has 0 radical (unpaired) electrons. The average Bonchev–Trinajstić information content (AvgIpc) is 3.05. The van der Waals surface area contributed by atoms with Crippen molar-refractivity contribution in [2.75, 3.05) is 19.7 Å². The molecule has 0 bridgehead atoms. The van der Waals surface area contributed by atoms with E-state index < -0.39 is 6.09 Å². The lowest BCUT2D eigenvalue weighted by atomic mass is 10.0. The van der Waals surface area contributed by atoms with E-state index in [2.05, 4.69) is 5.16 Å². The molecule has 3 rings (SSSR count). The summed E-state index contributed by atoms with van der Waals surface area (Å²) in [5.41, 5.74) is 0.280. The van der Waals surface area contributed by atoms with E-state index in [4.69, 9.17) is 9.26 Å². The molecule has 8 nitrogen and oxygen atoms in total. The van der Waals surface area contributed by atoms with E-state index in [-0.39, 0.29) is 30.2 Å². The SMILES string of the molecule is Cc1cc(C(=O)N2CCC(N3C(=O)COC3=O)CC2)no1. The van der Waals surface area contributed by atoms with Crippen LogP contribution in [0, 0.1) is 6.92 Å². The van der Waals surface area contributed by atoms with Crippen molar-refractivity contribution >= 4 is 17.9 Å². The minimum atomic E-state index is -0.586. The van der Waals surface area contributed by atoms with Crippen LogP contribution in [0.25, 0.3) is 0 Å². The maximum Gasteiger partial charge on any atom is 0.417 e. The number of cyclic esters (lactones) is 1. The van der Waals surface area contributed by atoms with Gasteiger partial charge in [0.1, 0.15) is 5.76 Å². The van der Waals surface area contributed by atoms with Gasteiger partial charge in [-0.05, 0) is 19.8 Å². The molecule has 1 aromatic rings. The molecule has 0 atom stereocenters. The van der Waals surface area contributed by atoms with Crippen LogP contribution < -0.4 is 0 Å². The third kappa shape index (κ3) is 2.48. The van der Waals surface area contributed by atoms with Gasteiger partial charge in [-0.1, -0.05) is 5.16 Å². The Hall–Kier alpha value is -2.38. The van der Waals surface area contributed by atoms with Gasteiger partial charge < -0.3 is 14.2 Å². The predicted octanol–water partition coefficient (Wildman–Crippen LogP) is 0.566. The first-order valence-corrected chi connectivity index (χ1v) is 6.77. The number of rotatable bonds is 2. The number of imide groups is 1. The summed E-state index contributed by atoms with van der Waals surface area (Å²) < 4.78 is 9.61. The molecule has 0 spiro atoms. The lowest BCUT2D eigenvalue weighted by Crippen LogP contribution is -2.48. The van der Waals surface area contributed by atoms with Gasteiger partial charge in [0.25, 0.3) is 11.8 Å². The van der Waals surface area contributed by atoms with Crippen molar-refractivity contribution in [1.29, 1.82) is 0 Å². The van der Waals surface area contributed by atoms with Crippen LogP contribution in [-0.2, 0) is 9.53 Å². The van der Waals surface area contributed by atoms with Crippen LogP contribution in [0.5, 0.6) is 0 Å². The summed E-state index contributed by atoms with van der Waals surface area (Å²) in [5, 5.41) is 3.71. The van der Waals surface area contributed by atoms with Crippen molar-refractivity contribution in [1.82, 2.24) is 15.0 Å². The van der Waals surface area contributed by atoms with Gasteiger partial charge in [0.05, 0.1) is 0 Å². The van der Waals surface area contributed by atoms with E-state index in [9.17, 15) is 14.4 Å². The van der Waals surface area contributed by atoms with Crippen molar-refractivity contribution in [3.05, 3.63) is 17.5 Å². The quantitative estimate of drug-likeness (QED) is 0.791. The number of hydrogen-bond acceptors (Lipinski definition) is 6. The Morgan fingerprint density at radius 1 is 1.33 bits per heavy atom. The number of carbonyl (C=O) groups excluding carboxylic acids is 3. The van der Waals surface area contributed by atoms with Crippen molar-refractivity contribution < 1.29 is 23.6 Å².